The van der Waals surface area contributed by atoms with E-state index >= 15 is 0 Å². The maximum Gasteiger partial charge on any atom is 0.413 e. The summed E-state index contributed by atoms with van der Waals surface area (Å²) in [4.78, 5) is 56.1. The molecule has 2 aromatic heterocycles. The Balaban J connectivity index is 1.48. The fourth-order valence-electron chi connectivity index (χ4n) is 7.38. The molecule has 0 bridgehead atoms. The minimum absolute atomic E-state index is 0.0593. The van der Waals surface area contributed by atoms with E-state index in [9.17, 15) is 14.4 Å². The molecule has 2 N–H and O–H groups in total. The second-order valence-electron chi connectivity index (χ2n) is 15.8. The van der Waals surface area contributed by atoms with Gasteiger partial charge in [-0.2, -0.15) is 0 Å². The Labute approximate surface area is 313 Å². The summed E-state index contributed by atoms with van der Waals surface area (Å²) in [6.45, 7) is 23.3. The number of aromatic nitrogens is 1. The molecule has 284 valence electrons. The van der Waals surface area contributed by atoms with Gasteiger partial charge in [-0.1, -0.05) is 31.0 Å². The number of amides is 3. The highest BCUT2D eigenvalue weighted by atomic mass is 32.1. The van der Waals surface area contributed by atoms with E-state index in [1.54, 1.807) is 23.2 Å². The zero-order valence-corrected chi connectivity index (χ0v) is 33.6. The smallest absolute Gasteiger partial charge is 0.413 e. The van der Waals surface area contributed by atoms with Crippen molar-refractivity contribution in [2.24, 2.45) is 4.99 Å². The van der Waals surface area contributed by atoms with Gasteiger partial charge in [0.15, 0.2) is 0 Å². The zero-order chi connectivity index (χ0) is 38.0. The molecule has 2 atom stereocenters. The number of fused-ring (bicyclic) bond motifs is 1. The summed E-state index contributed by atoms with van der Waals surface area (Å²) in [7, 11) is 0. The molecule has 1 aromatic carbocycles. The van der Waals surface area contributed by atoms with Crippen LogP contribution >= 0.6 is 11.3 Å². The van der Waals surface area contributed by atoms with Crippen LogP contribution in [0.25, 0.3) is 21.5 Å². The molecule has 3 aromatic rings. The van der Waals surface area contributed by atoms with Crippen molar-refractivity contribution >= 4 is 45.6 Å². The molecule has 52 heavy (non-hydrogen) atoms. The Bertz CT molecular complexity index is 1770. The van der Waals surface area contributed by atoms with Crippen LogP contribution < -0.4 is 5.32 Å². The SMILES string of the molecule is CCOC(=O)NC(=NC[C@@H](C)c1c(-c2cc(C)cc(C)c2)[nH]c2sc(C(C)(C)C(=O)N3CCCC3CC)cc12)N1CCN(C(=O)OC(C)(C)C)CC1. The summed E-state index contributed by atoms with van der Waals surface area (Å²) in [5.41, 5.74) is 4.39. The highest BCUT2D eigenvalue weighted by Gasteiger charge is 2.40. The van der Waals surface area contributed by atoms with Gasteiger partial charge in [0.2, 0.25) is 11.9 Å². The number of aryl methyl sites for hydroxylation is 2. The predicted octanol–water partition coefficient (Wildman–Crippen LogP) is 7.95. The number of hydrogen-bond acceptors (Lipinski definition) is 7. The van der Waals surface area contributed by atoms with Gasteiger partial charge in [-0.3, -0.25) is 15.1 Å². The average Bonchev–Trinajstić information content (AvgIpc) is 3.80. The van der Waals surface area contributed by atoms with Crippen LogP contribution in [-0.2, 0) is 19.7 Å². The minimum Gasteiger partial charge on any atom is -0.450 e. The molecule has 0 aliphatic carbocycles. The lowest BCUT2D eigenvalue weighted by Crippen LogP contribution is -2.55. The Kier molecular flexibility index (Phi) is 12.0. The third-order valence-corrected chi connectivity index (χ3v) is 11.4. The molecule has 3 amide bonds. The molecule has 2 aliphatic heterocycles. The standard InChI is InChI=1S/C40H58N6O5S/c1-11-29-14-13-15-46(29)35(47)40(9,10)31-23-30-32(33(42-34(30)52-31)28-21-25(3)20-26(4)22-28)27(5)24-41-36(43-37(48)50-12-2)44-16-18-45(19-17-44)38(49)51-39(6,7)8/h20-23,27,29,42H,11-19,24H2,1-10H3,(H,41,43,48)/t27-,29?/m1/s1. The number of thiophene rings is 1. The van der Waals surface area contributed by atoms with E-state index in [-0.39, 0.29) is 24.5 Å². The van der Waals surface area contributed by atoms with Crippen LogP contribution in [0.4, 0.5) is 9.59 Å². The number of guanidine groups is 1. The van der Waals surface area contributed by atoms with Gasteiger partial charge in [-0.05, 0) is 104 Å². The van der Waals surface area contributed by atoms with E-state index in [0.717, 1.165) is 57.7 Å². The molecular weight excluding hydrogens is 677 g/mol. The van der Waals surface area contributed by atoms with E-state index in [4.69, 9.17) is 14.5 Å². The molecule has 1 unspecified atom stereocenters. The van der Waals surface area contributed by atoms with Crippen LogP contribution in [0.15, 0.2) is 29.3 Å². The number of alkyl carbamates (subject to hydrolysis) is 1. The van der Waals surface area contributed by atoms with Crippen molar-refractivity contribution in [3.05, 3.63) is 45.8 Å². The number of nitrogens with zero attached hydrogens (tertiary/aromatic N) is 4. The van der Waals surface area contributed by atoms with Crippen LogP contribution in [0, 0.1) is 13.8 Å². The molecule has 0 spiro atoms. The molecule has 12 heteroatoms. The number of carbonyl (C=O) groups is 3. The van der Waals surface area contributed by atoms with Crippen molar-refractivity contribution in [3.8, 4) is 11.3 Å². The zero-order valence-electron chi connectivity index (χ0n) is 32.8. The topological polar surface area (TPSA) is 120 Å². The molecule has 2 aliphatic rings. The van der Waals surface area contributed by atoms with Gasteiger partial charge in [0.1, 0.15) is 10.4 Å². The first-order valence-corrected chi connectivity index (χ1v) is 19.6. The number of ether oxygens (including phenoxy) is 2. The summed E-state index contributed by atoms with van der Waals surface area (Å²) in [5, 5.41) is 3.97. The first-order chi connectivity index (χ1) is 24.5. The third-order valence-electron chi connectivity index (χ3n) is 10.0. The molecule has 11 nitrogen and oxygen atoms in total. The van der Waals surface area contributed by atoms with Gasteiger partial charge in [-0.25, -0.2) is 9.59 Å². The second kappa shape index (κ2) is 15.9. The first kappa shape index (κ1) is 39.2. The van der Waals surface area contributed by atoms with Crippen LogP contribution in [0.3, 0.4) is 0 Å². The number of rotatable bonds is 8. The van der Waals surface area contributed by atoms with Gasteiger partial charge >= 0.3 is 12.2 Å². The molecule has 2 saturated heterocycles. The summed E-state index contributed by atoms with van der Waals surface area (Å²) >= 11 is 1.66. The van der Waals surface area contributed by atoms with Crippen molar-refractivity contribution in [3.63, 3.8) is 0 Å². The lowest BCUT2D eigenvalue weighted by Gasteiger charge is -2.36. The predicted molar refractivity (Wildman–Crippen MR) is 209 cm³/mol. The Morgan fingerprint density at radius 3 is 2.25 bits per heavy atom. The molecule has 4 heterocycles. The largest absolute Gasteiger partial charge is 0.450 e. The maximum atomic E-state index is 14.0. The second-order valence-corrected chi connectivity index (χ2v) is 16.9. The van der Waals surface area contributed by atoms with Crippen LogP contribution in [0.5, 0.6) is 0 Å². The Morgan fingerprint density at radius 1 is 0.981 bits per heavy atom. The van der Waals surface area contributed by atoms with Gasteiger partial charge in [0.25, 0.3) is 0 Å². The van der Waals surface area contributed by atoms with Crippen molar-refractivity contribution in [1.82, 2.24) is 25.0 Å². The fraction of sp³-hybridized carbons (Fsp3) is 0.600. The van der Waals surface area contributed by atoms with Crippen LogP contribution in [-0.4, -0.2) is 101 Å². The van der Waals surface area contributed by atoms with Gasteiger partial charge in [0, 0.05) is 61.5 Å². The average molecular weight is 735 g/mol. The fourth-order valence-corrected chi connectivity index (χ4v) is 8.55. The number of carbonyl (C=O) groups excluding carboxylic acids is 3. The van der Waals surface area contributed by atoms with Crippen LogP contribution in [0.2, 0.25) is 0 Å². The summed E-state index contributed by atoms with van der Waals surface area (Å²) < 4.78 is 10.8. The van der Waals surface area contributed by atoms with Gasteiger partial charge in [0.05, 0.1) is 17.7 Å². The quantitative estimate of drug-likeness (QED) is 0.179. The van der Waals surface area contributed by atoms with Gasteiger partial charge < -0.3 is 29.2 Å². The molecule has 5 rings (SSSR count). The van der Waals surface area contributed by atoms with E-state index < -0.39 is 17.1 Å². The van der Waals surface area contributed by atoms with Crippen molar-refractivity contribution < 1.29 is 23.9 Å². The monoisotopic (exact) mass is 734 g/mol. The molecule has 2 fully saturated rings. The number of nitrogens with one attached hydrogen (secondary N) is 2. The number of piperazine rings is 1. The summed E-state index contributed by atoms with van der Waals surface area (Å²) in [6, 6.07) is 9.09. The lowest BCUT2D eigenvalue weighted by molar-refractivity contribution is -0.137. The molecular formula is C40H58N6O5S. The summed E-state index contributed by atoms with van der Waals surface area (Å²) in [5.74, 6) is 0.551. The van der Waals surface area contributed by atoms with E-state index in [1.807, 2.05) is 25.7 Å². The first-order valence-electron chi connectivity index (χ1n) is 18.8. The Hall–Kier alpha value is -4.06. The lowest BCUT2D eigenvalue weighted by atomic mass is 9.88. The van der Waals surface area contributed by atoms with Crippen molar-refractivity contribution in [2.45, 2.75) is 111 Å². The highest BCUT2D eigenvalue weighted by Crippen LogP contribution is 2.44. The van der Waals surface area contributed by atoms with E-state index in [0.29, 0.717) is 44.7 Å². The summed E-state index contributed by atoms with van der Waals surface area (Å²) in [6.07, 6.45) is 2.18. The van der Waals surface area contributed by atoms with E-state index in [2.05, 4.69) is 81.0 Å². The van der Waals surface area contributed by atoms with Gasteiger partial charge in [-0.15, -0.1) is 11.3 Å². The van der Waals surface area contributed by atoms with Crippen molar-refractivity contribution in [2.75, 3.05) is 45.9 Å². The van der Waals surface area contributed by atoms with Crippen LogP contribution in [0.1, 0.15) is 102 Å². The number of hydrogen-bond donors (Lipinski definition) is 2. The third kappa shape index (κ3) is 8.76. The normalized spacial score (nSPS) is 17.8. The number of aliphatic imine (C=N–C) groups is 1. The number of benzene rings is 1. The molecule has 0 saturated carbocycles. The Morgan fingerprint density at radius 2 is 1.63 bits per heavy atom. The van der Waals surface area contributed by atoms with Crippen molar-refractivity contribution in [1.29, 1.82) is 0 Å². The number of likely N-dealkylation sites (tertiary alicyclic amines) is 1. The highest BCUT2D eigenvalue weighted by molar-refractivity contribution is 7.19. The number of aromatic amines is 1. The maximum absolute atomic E-state index is 14.0. The number of H-pyrrole nitrogens is 1. The molecule has 0 radical (unpaired) electrons. The van der Waals surface area contributed by atoms with E-state index in [1.165, 1.54) is 11.1 Å². The minimum atomic E-state index is -0.667.